The van der Waals surface area contributed by atoms with E-state index in [9.17, 15) is 14.3 Å². The molecular weight excluding hydrogens is 393 g/mol. The number of hydrogen-bond acceptors (Lipinski definition) is 4. The Morgan fingerprint density at radius 3 is 2.72 bits per heavy atom. The van der Waals surface area contributed by atoms with Crippen molar-refractivity contribution in [1.29, 1.82) is 0 Å². The van der Waals surface area contributed by atoms with E-state index in [1.807, 2.05) is 0 Å². The van der Waals surface area contributed by atoms with Crippen LogP contribution in [-0.4, -0.2) is 23.2 Å². The van der Waals surface area contributed by atoms with Crippen molar-refractivity contribution in [2.75, 3.05) is 7.11 Å². The lowest BCUT2D eigenvalue weighted by Gasteiger charge is -2.12. The van der Waals surface area contributed by atoms with Crippen LogP contribution < -0.4 is 9.47 Å². The fourth-order valence-electron chi connectivity index (χ4n) is 2.32. The number of halogens is 2. The first-order valence-corrected chi connectivity index (χ1v) is 8.06. The Morgan fingerprint density at radius 1 is 1.24 bits per heavy atom. The van der Waals surface area contributed by atoms with Crippen molar-refractivity contribution >= 4 is 32.8 Å². The van der Waals surface area contributed by atoms with Gasteiger partial charge >= 0.3 is 5.97 Å². The van der Waals surface area contributed by atoms with E-state index >= 15 is 0 Å². The van der Waals surface area contributed by atoms with Crippen LogP contribution in [0.1, 0.15) is 16.1 Å². The minimum absolute atomic E-state index is 0.0471. The molecule has 1 N–H and O–H groups in total. The van der Waals surface area contributed by atoms with Crippen molar-refractivity contribution in [3.63, 3.8) is 0 Å². The zero-order chi connectivity index (χ0) is 18.0. The van der Waals surface area contributed by atoms with Crippen LogP contribution in [0, 0.1) is 5.82 Å². The number of carboxylic acid groups (broad SMARTS) is 1. The minimum atomic E-state index is -1.17. The monoisotopic (exact) mass is 405 g/mol. The Morgan fingerprint density at radius 2 is 2.04 bits per heavy atom. The van der Waals surface area contributed by atoms with Crippen LogP contribution in [0.2, 0.25) is 0 Å². The number of aromatic carboxylic acids is 1. The van der Waals surface area contributed by atoms with Gasteiger partial charge in [-0.05, 0) is 30.3 Å². The third-order valence-electron chi connectivity index (χ3n) is 3.60. The summed E-state index contributed by atoms with van der Waals surface area (Å²) < 4.78 is 25.5. The molecule has 128 valence electrons. The lowest BCUT2D eigenvalue weighted by atomic mass is 10.1. The van der Waals surface area contributed by atoms with E-state index in [0.29, 0.717) is 32.4 Å². The highest BCUT2D eigenvalue weighted by Gasteiger charge is 2.14. The normalized spacial score (nSPS) is 10.7. The summed E-state index contributed by atoms with van der Waals surface area (Å²) in [7, 11) is 1.53. The Labute approximate surface area is 151 Å². The van der Waals surface area contributed by atoms with Crippen molar-refractivity contribution in [2.45, 2.75) is 6.61 Å². The molecule has 0 bridgehead atoms. The maximum Gasteiger partial charge on any atom is 0.354 e. The quantitative estimate of drug-likeness (QED) is 0.680. The zero-order valence-corrected chi connectivity index (χ0v) is 14.7. The molecular formula is C18H13BrFNO4. The molecule has 5 nitrogen and oxygen atoms in total. The van der Waals surface area contributed by atoms with Gasteiger partial charge in [0, 0.05) is 21.5 Å². The van der Waals surface area contributed by atoms with E-state index in [-0.39, 0.29) is 12.3 Å². The Hall–Kier alpha value is -2.67. The van der Waals surface area contributed by atoms with Gasteiger partial charge in [0.05, 0.1) is 12.6 Å². The van der Waals surface area contributed by atoms with Gasteiger partial charge in [-0.15, -0.1) is 0 Å². The topological polar surface area (TPSA) is 68.7 Å². The molecule has 0 aliphatic rings. The molecule has 0 saturated carbocycles. The fourth-order valence-corrected chi connectivity index (χ4v) is 2.66. The van der Waals surface area contributed by atoms with E-state index < -0.39 is 11.8 Å². The summed E-state index contributed by atoms with van der Waals surface area (Å²) in [4.78, 5) is 15.4. The van der Waals surface area contributed by atoms with E-state index in [2.05, 4.69) is 20.9 Å². The molecule has 0 spiro atoms. The summed E-state index contributed by atoms with van der Waals surface area (Å²) in [5.41, 5.74) is 0.656. The molecule has 0 amide bonds. The molecule has 0 aliphatic heterocycles. The number of carboxylic acids is 1. The van der Waals surface area contributed by atoms with Crippen LogP contribution in [0.15, 0.2) is 46.9 Å². The number of ether oxygens (including phenoxy) is 2. The Balaban J connectivity index is 2.01. The number of carbonyl (C=O) groups is 1. The highest BCUT2D eigenvalue weighted by molar-refractivity contribution is 9.10. The van der Waals surface area contributed by atoms with Gasteiger partial charge in [0.15, 0.2) is 5.69 Å². The molecule has 3 rings (SSSR count). The summed E-state index contributed by atoms with van der Waals surface area (Å²) >= 11 is 3.20. The van der Waals surface area contributed by atoms with E-state index in [0.717, 1.165) is 0 Å². The summed E-state index contributed by atoms with van der Waals surface area (Å²) in [5.74, 6) is -0.707. The van der Waals surface area contributed by atoms with Crippen molar-refractivity contribution in [1.82, 2.24) is 4.98 Å². The standard InChI is InChI=1S/C18H13BrFNO4/c1-24-12-4-5-15-13(7-12)17(8-16(21-15)18(22)23)25-9-10-2-3-11(19)6-14(10)20/h2-8H,9H2,1H3,(H,22,23). The summed E-state index contributed by atoms with van der Waals surface area (Å²) in [5, 5.41) is 9.81. The second kappa shape index (κ2) is 7.06. The maximum atomic E-state index is 14.0. The van der Waals surface area contributed by atoms with Gasteiger partial charge in [-0.1, -0.05) is 22.0 Å². The van der Waals surface area contributed by atoms with Crippen LogP contribution in [-0.2, 0) is 6.61 Å². The van der Waals surface area contributed by atoms with Crippen molar-refractivity contribution in [3.05, 3.63) is 64.0 Å². The number of benzene rings is 2. The van der Waals surface area contributed by atoms with Crippen molar-refractivity contribution in [2.24, 2.45) is 0 Å². The molecule has 25 heavy (non-hydrogen) atoms. The lowest BCUT2D eigenvalue weighted by molar-refractivity contribution is 0.0690. The second-order valence-electron chi connectivity index (χ2n) is 5.22. The van der Waals surface area contributed by atoms with Gasteiger partial charge in [0.25, 0.3) is 0 Å². The number of nitrogens with zero attached hydrogens (tertiary/aromatic N) is 1. The SMILES string of the molecule is COc1ccc2nc(C(=O)O)cc(OCc3ccc(Br)cc3F)c2c1. The number of hydrogen-bond donors (Lipinski definition) is 1. The van der Waals surface area contributed by atoms with Crippen LogP contribution in [0.3, 0.4) is 0 Å². The van der Waals surface area contributed by atoms with Gasteiger partial charge < -0.3 is 14.6 Å². The molecule has 3 aromatic rings. The number of methoxy groups -OCH3 is 1. The third-order valence-corrected chi connectivity index (χ3v) is 4.09. The third kappa shape index (κ3) is 3.71. The first-order chi connectivity index (χ1) is 12.0. The molecule has 1 heterocycles. The van der Waals surface area contributed by atoms with Gasteiger partial charge in [-0.2, -0.15) is 0 Å². The summed E-state index contributed by atoms with van der Waals surface area (Å²) in [6, 6.07) is 11.0. The smallest absolute Gasteiger partial charge is 0.354 e. The predicted molar refractivity (Wildman–Crippen MR) is 93.7 cm³/mol. The molecule has 2 aromatic carbocycles. The van der Waals surface area contributed by atoms with Crippen LogP contribution >= 0.6 is 15.9 Å². The van der Waals surface area contributed by atoms with E-state index in [1.54, 1.807) is 30.3 Å². The average molecular weight is 406 g/mol. The van der Waals surface area contributed by atoms with Gasteiger partial charge in [0.1, 0.15) is 23.9 Å². The number of fused-ring (bicyclic) bond motifs is 1. The molecule has 0 unspecified atom stereocenters. The minimum Gasteiger partial charge on any atom is -0.497 e. The first kappa shape index (κ1) is 17.2. The molecule has 1 aromatic heterocycles. The van der Waals surface area contributed by atoms with E-state index in [4.69, 9.17) is 9.47 Å². The van der Waals surface area contributed by atoms with Gasteiger partial charge in [0.2, 0.25) is 0 Å². The van der Waals surface area contributed by atoms with Crippen molar-refractivity contribution in [3.8, 4) is 11.5 Å². The molecule has 7 heteroatoms. The van der Waals surface area contributed by atoms with Gasteiger partial charge in [-0.25, -0.2) is 14.2 Å². The highest BCUT2D eigenvalue weighted by Crippen LogP contribution is 2.30. The molecule has 0 saturated heterocycles. The van der Waals surface area contributed by atoms with Crippen LogP contribution in [0.5, 0.6) is 11.5 Å². The molecule has 0 fully saturated rings. The summed E-state index contributed by atoms with van der Waals surface area (Å²) in [6.45, 7) is -0.0471. The molecule has 0 atom stereocenters. The molecule has 0 aliphatic carbocycles. The summed E-state index contributed by atoms with van der Waals surface area (Å²) in [6.07, 6.45) is 0. The first-order valence-electron chi connectivity index (χ1n) is 7.27. The molecule has 0 radical (unpaired) electrons. The van der Waals surface area contributed by atoms with Gasteiger partial charge in [-0.3, -0.25) is 0 Å². The number of aromatic nitrogens is 1. The zero-order valence-electron chi connectivity index (χ0n) is 13.1. The lowest BCUT2D eigenvalue weighted by Crippen LogP contribution is -2.04. The number of rotatable bonds is 5. The Bertz CT molecular complexity index is 961. The largest absolute Gasteiger partial charge is 0.497 e. The fraction of sp³-hybridized carbons (Fsp3) is 0.111. The average Bonchev–Trinajstić information content (AvgIpc) is 2.60. The highest BCUT2D eigenvalue weighted by atomic mass is 79.9. The predicted octanol–water partition coefficient (Wildman–Crippen LogP) is 4.42. The van der Waals surface area contributed by atoms with E-state index in [1.165, 1.54) is 19.2 Å². The number of pyridine rings is 1. The van der Waals surface area contributed by atoms with Crippen molar-refractivity contribution < 1.29 is 23.8 Å². The second-order valence-corrected chi connectivity index (χ2v) is 6.13. The Kier molecular flexibility index (Phi) is 4.85. The maximum absolute atomic E-state index is 14.0. The van der Waals surface area contributed by atoms with Crippen LogP contribution in [0.25, 0.3) is 10.9 Å². The van der Waals surface area contributed by atoms with Crippen LogP contribution in [0.4, 0.5) is 4.39 Å².